The third-order valence-corrected chi connectivity index (χ3v) is 5.41. The van der Waals surface area contributed by atoms with Crippen molar-refractivity contribution in [2.24, 2.45) is 4.99 Å². The maximum atomic E-state index is 4.82. The highest BCUT2D eigenvalue weighted by Crippen LogP contribution is 2.19. The summed E-state index contributed by atoms with van der Waals surface area (Å²) >= 11 is 1.66. The van der Waals surface area contributed by atoms with E-state index in [2.05, 4.69) is 62.7 Å². The quantitative estimate of drug-likeness (QED) is 0.645. The minimum absolute atomic E-state index is 0.617. The van der Waals surface area contributed by atoms with Crippen LogP contribution in [-0.4, -0.2) is 62.7 Å². The van der Waals surface area contributed by atoms with E-state index in [4.69, 9.17) is 4.99 Å². The van der Waals surface area contributed by atoms with Gasteiger partial charge < -0.3 is 20.0 Å². The number of aromatic nitrogens is 1. The minimum Gasteiger partial charge on any atom is -0.368 e. The first-order valence-corrected chi connectivity index (χ1v) is 10.0. The molecule has 0 aliphatic carbocycles. The topological polar surface area (TPSA) is 47.0 Å². The molecule has 26 heavy (non-hydrogen) atoms. The van der Waals surface area contributed by atoms with E-state index in [1.165, 1.54) is 5.69 Å². The third kappa shape index (κ3) is 4.66. The molecule has 0 amide bonds. The molecule has 1 saturated heterocycles. The first-order chi connectivity index (χ1) is 12.7. The summed E-state index contributed by atoms with van der Waals surface area (Å²) in [5.41, 5.74) is 2.32. The molecule has 140 valence electrons. The summed E-state index contributed by atoms with van der Waals surface area (Å²) in [4.78, 5) is 16.3. The van der Waals surface area contributed by atoms with Crippen LogP contribution in [0.15, 0.2) is 40.7 Å². The maximum Gasteiger partial charge on any atom is 0.194 e. The molecule has 6 nitrogen and oxygen atoms in total. The SMILES string of the molecule is CCNC(=NCc1csc(N(C)C)n1)N1CCN(c2ccccc2)CC1. The van der Waals surface area contributed by atoms with Crippen molar-refractivity contribution in [3.8, 4) is 0 Å². The van der Waals surface area contributed by atoms with Crippen LogP contribution in [0.5, 0.6) is 0 Å². The zero-order chi connectivity index (χ0) is 18.4. The van der Waals surface area contributed by atoms with Gasteiger partial charge in [-0.15, -0.1) is 11.3 Å². The van der Waals surface area contributed by atoms with Gasteiger partial charge in [0.15, 0.2) is 11.1 Å². The number of hydrogen-bond donors (Lipinski definition) is 1. The van der Waals surface area contributed by atoms with Crippen molar-refractivity contribution in [3.63, 3.8) is 0 Å². The van der Waals surface area contributed by atoms with E-state index in [1.807, 2.05) is 19.0 Å². The number of rotatable bonds is 5. The van der Waals surface area contributed by atoms with E-state index < -0.39 is 0 Å². The molecule has 1 fully saturated rings. The highest BCUT2D eigenvalue weighted by Gasteiger charge is 2.19. The standard InChI is InChI=1S/C19H28N6S/c1-4-20-18(21-14-16-15-26-19(22-16)23(2)3)25-12-10-24(11-13-25)17-8-6-5-7-9-17/h5-9,15H,4,10-14H2,1-3H3,(H,20,21). The van der Waals surface area contributed by atoms with Gasteiger partial charge in [0.2, 0.25) is 0 Å². The molecule has 0 atom stereocenters. The molecule has 0 radical (unpaired) electrons. The van der Waals surface area contributed by atoms with Crippen LogP contribution in [0, 0.1) is 0 Å². The lowest BCUT2D eigenvalue weighted by Gasteiger charge is -2.37. The summed E-state index contributed by atoms with van der Waals surface area (Å²) in [6.45, 7) is 7.57. The second-order valence-corrected chi connectivity index (χ2v) is 7.33. The molecule has 1 aromatic heterocycles. The zero-order valence-electron chi connectivity index (χ0n) is 15.9. The number of para-hydroxylation sites is 1. The third-order valence-electron chi connectivity index (χ3n) is 4.35. The van der Waals surface area contributed by atoms with Crippen molar-refractivity contribution >= 4 is 28.1 Å². The lowest BCUT2D eigenvalue weighted by atomic mass is 10.2. The second-order valence-electron chi connectivity index (χ2n) is 6.50. The smallest absolute Gasteiger partial charge is 0.194 e. The molecule has 0 unspecified atom stereocenters. The average molecular weight is 373 g/mol. The van der Waals surface area contributed by atoms with Crippen LogP contribution in [0.3, 0.4) is 0 Å². The van der Waals surface area contributed by atoms with Crippen LogP contribution in [-0.2, 0) is 6.54 Å². The Balaban J connectivity index is 1.61. The zero-order valence-corrected chi connectivity index (χ0v) is 16.7. The number of benzene rings is 1. The summed E-state index contributed by atoms with van der Waals surface area (Å²) in [7, 11) is 4.03. The van der Waals surface area contributed by atoms with E-state index >= 15 is 0 Å². The van der Waals surface area contributed by atoms with Gasteiger partial charge in [0.1, 0.15) is 0 Å². The minimum atomic E-state index is 0.617. The molecular formula is C19H28N6S. The number of anilines is 2. The van der Waals surface area contributed by atoms with Gasteiger partial charge in [0.05, 0.1) is 12.2 Å². The molecule has 1 aliphatic heterocycles. The van der Waals surface area contributed by atoms with Crippen molar-refractivity contribution in [1.29, 1.82) is 0 Å². The molecule has 1 aliphatic rings. The molecule has 0 bridgehead atoms. The first-order valence-electron chi connectivity index (χ1n) is 9.12. The Labute approximate surface area is 160 Å². The van der Waals surface area contributed by atoms with Gasteiger partial charge in [0.25, 0.3) is 0 Å². The van der Waals surface area contributed by atoms with E-state index in [1.54, 1.807) is 11.3 Å². The number of hydrogen-bond acceptors (Lipinski definition) is 5. The number of aliphatic imine (C=N–C) groups is 1. The Kier molecular flexibility index (Phi) is 6.33. The fourth-order valence-electron chi connectivity index (χ4n) is 2.97. The lowest BCUT2D eigenvalue weighted by molar-refractivity contribution is 0.372. The van der Waals surface area contributed by atoms with E-state index in [9.17, 15) is 0 Å². The van der Waals surface area contributed by atoms with Gasteiger partial charge in [0, 0.05) is 57.9 Å². The van der Waals surface area contributed by atoms with Gasteiger partial charge in [-0.25, -0.2) is 9.98 Å². The molecule has 1 aromatic carbocycles. The lowest BCUT2D eigenvalue weighted by Crippen LogP contribution is -2.52. The summed E-state index contributed by atoms with van der Waals surface area (Å²) in [6.07, 6.45) is 0. The van der Waals surface area contributed by atoms with Gasteiger partial charge in [-0.1, -0.05) is 18.2 Å². The van der Waals surface area contributed by atoms with Crippen molar-refractivity contribution in [2.75, 3.05) is 56.6 Å². The van der Waals surface area contributed by atoms with Crippen molar-refractivity contribution in [3.05, 3.63) is 41.4 Å². The van der Waals surface area contributed by atoms with Crippen LogP contribution in [0.2, 0.25) is 0 Å². The summed E-state index contributed by atoms with van der Waals surface area (Å²) in [5, 5.41) is 6.55. The van der Waals surface area contributed by atoms with E-state index in [-0.39, 0.29) is 0 Å². The second kappa shape index (κ2) is 8.89. The summed E-state index contributed by atoms with van der Waals surface area (Å²) < 4.78 is 0. The Hall–Kier alpha value is -2.28. The Bertz CT molecular complexity index is 704. The maximum absolute atomic E-state index is 4.82. The largest absolute Gasteiger partial charge is 0.368 e. The predicted molar refractivity (Wildman–Crippen MR) is 111 cm³/mol. The van der Waals surface area contributed by atoms with Crippen LogP contribution in [0.1, 0.15) is 12.6 Å². The Morgan fingerprint density at radius 2 is 1.92 bits per heavy atom. The first kappa shape index (κ1) is 18.5. The molecule has 3 rings (SSSR count). The van der Waals surface area contributed by atoms with Gasteiger partial charge in [-0.3, -0.25) is 0 Å². The van der Waals surface area contributed by atoms with Crippen molar-refractivity contribution in [2.45, 2.75) is 13.5 Å². The Morgan fingerprint density at radius 3 is 2.54 bits per heavy atom. The van der Waals surface area contributed by atoms with Crippen LogP contribution in [0.4, 0.5) is 10.8 Å². The normalized spacial score (nSPS) is 15.3. The highest BCUT2D eigenvalue weighted by molar-refractivity contribution is 7.13. The number of nitrogens with zero attached hydrogens (tertiary/aromatic N) is 5. The van der Waals surface area contributed by atoms with Crippen LogP contribution < -0.4 is 15.1 Å². The van der Waals surface area contributed by atoms with Gasteiger partial charge in [-0.05, 0) is 19.1 Å². The van der Waals surface area contributed by atoms with Crippen LogP contribution in [0.25, 0.3) is 0 Å². The fourth-order valence-corrected chi connectivity index (χ4v) is 3.72. The number of piperazine rings is 1. The Morgan fingerprint density at radius 1 is 1.19 bits per heavy atom. The molecule has 2 heterocycles. The van der Waals surface area contributed by atoms with Crippen LogP contribution >= 0.6 is 11.3 Å². The molecule has 0 spiro atoms. The molecule has 0 saturated carbocycles. The van der Waals surface area contributed by atoms with Gasteiger partial charge in [-0.2, -0.15) is 0 Å². The monoisotopic (exact) mass is 372 g/mol. The number of guanidine groups is 1. The van der Waals surface area contributed by atoms with Crippen molar-refractivity contribution in [1.82, 2.24) is 15.2 Å². The van der Waals surface area contributed by atoms with E-state index in [0.717, 1.165) is 49.5 Å². The summed E-state index contributed by atoms with van der Waals surface area (Å²) in [5.74, 6) is 0.986. The van der Waals surface area contributed by atoms with Crippen molar-refractivity contribution < 1.29 is 0 Å². The van der Waals surface area contributed by atoms with Gasteiger partial charge >= 0.3 is 0 Å². The predicted octanol–water partition coefficient (Wildman–Crippen LogP) is 2.50. The number of thiazole rings is 1. The molecule has 2 aromatic rings. The van der Waals surface area contributed by atoms with E-state index in [0.29, 0.717) is 6.54 Å². The number of nitrogens with one attached hydrogen (secondary N) is 1. The fraction of sp³-hybridized carbons (Fsp3) is 0.474. The average Bonchev–Trinajstić information content (AvgIpc) is 3.15. The molecular weight excluding hydrogens is 344 g/mol. The molecule has 7 heteroatoms. The summed E-state index contributed by atoms with van der Waals surface area (Å²) in [6, 6.07) is 10.6. The highest BCUT2D eigenvalue weighted by atomic mass is 32.1. The molecule has 1 N–H and O–H groups in total.